The Kier molecular flexibility index (Phi) is 8.35. The Morgan fingerprint density at radius 2 is 1.97 bits per heavy atom. The zero-order valence-corrected chi connectivity index (χ0v) is 18.2. The third-order valence-electron chi connectivity index (χ3n) is 6.77. The molecule has 3 fully saturated rings. The molecule has 2 saturated heterocycles. The Balaban J connectivity index is 1.50. The molecule has 3 aliphatic rings. The molecule has 2 N–H and O–H groups in total. The van der Waals surface area contributed by atoms with Crippen molar-refractivity contribution in [3.63, 3.8) is 0 Å². The van der Waals surface area contributed by atoms with Gasteiger partial charge in [-0.3, -0.25) is 9.59 Å². The summed E-state index contributed by atoms with van der Waals surface area (Å²) in [6.07, 6.45) is 5.53. The van der Waals surface area contributed by atoms with Crippen molar-refractivity contribution in [3.05, 3.63) is 12.7 Å². The van der Waals surface area contributed by atoms with E-state index >= 15 is 0 Å². The minimum Gasteiger partial charge on any atom is -0.380 e. The number of halogens is 1. The molecule has 8 heteroatoms. The van der Waals surface area contributed by atoms with Gasteiger partial charge in [0.25, 0.3) is 0 Å². The highest BCUT2D eigenvalue weighted by Gasteiger charge is 2.40. The molecule has 2 aliphatic heterocycles. The molecule has 7 nitrogen and oxygen atoms in total. The minimum absolute atomic E-state index is 0.0279. The number of alkyl halides is 1. The normalized spacial score (nSPS) is 33.4. The fourth-order valence-corrected chi connectivity index (χ4v) is 5.48. The molecule has 2 heterocycles. The Morgan fingerprint density at radius 1 is 1.24 bits per heavy atom. The highest BCUT2D eigenvalue weighted by Crippen LogP contribution is 2.37. The van der Waals surface area contributed by atoms with Crippen molar-refractivity contribution in [2.45, 2.75) is 43.2 Å². The van der Waals surface area contributed by atoms with Crippen LogP contribution in [0.5, 0.6) is 0 Å². The van der Waals surface area contributed by atoms with E-state index in [1.54, 1.807) is 12.0 Å². The molecule has 0 aromatic carbocycles. The van der Waals surface area contributed by atoms with E-state index in [0.717, 1.165) is 25.9 Å². The number of ether oxygens (including phenoxy) is 1. The average molecular weight is 427 g/mol. The number of carbonyl (C=O) groups is 2. The van der Waals surface area contributed by atoms with Gasteiger partial charge in [0.05, 0.1) is 12.6 Å². The van der Waals surface area contributed by atoms with Gasteiger partial charge in [-0.15, -0.1) is 11.6 Å². The van der Waals surface area contributed by atoms with Gasteiger partial charge in [0, 0.05) is 44.7 Å². The fraction of sp³-hybridized carbons (Fsp3) is 0.810. The number of amides is 2. The maximum absolute atomic E-state index is 12.7. The summed E-state index contributed by atoms with van der Waals surface area (Å²) in [5, 5.41) is 7.08. The first kappa shape index (κ1) is 22.5. The van der Waals surface area contributed by atoms with Crippen LogP contribution in [0.1, 0.15) is 25.7 Å². The van der Waals surface area contributed by atoms with E-state index < -0.39 is 0 Å². The first-order valence-corrected chi connectivity index (χ1v) is 11.3. The topological polar surface area (TPSA) is 73.9 Å². The van der Waals surface area contributed by atoms with Crippen LogP contribution in [0.4, 0.5) is 0 Å². The van der Waals surface area contributed by atoms with E-state index in [0.29, 0.717) is 44.6 Å². The molecular weight excluding hydrogens is 392 g/mol. The summed E-state index contributed by atoms with van der Waals surface area (Å²) in [7, 11) is 1.73. The lowest BCUT2D eigenvalue weighted by Gasteiger charge is -2.43. The lowest BCUT2D eigenvalue weighted by Crippen LogP contribution is -2.55. The first-order valence-electron chi connectivity index (χ1n) is 10.8. The lowest BCUT2D eigenvalue weighted by atomic mass is 9.73. The lowest BCUT2D eigenvalue weighted by molar-refractivity contribution is -0.136. The van der Waals surface area contributed by atoms with E-state index in [9.17, 15) is 9.59 Å². The third kappa shape index (κ3) is 5.72. The second-order valence-electron chi connectivity index (χ2n) is 8.43. The zero-order valence-electron chi connectivity index (χ0n) is 17.4. The standard InChI is InChI=1S/C21H35ClN4O3/c1-3-20(27)25-7-9-26(10-8-25)21(28)14-24-18-11-16(15-5-4-6-23-13-15)17(22)12-19(18)29-2/h3,15-19,23-24H,1,4-14H2,2H3. The van der Waals surface area contributed by atoms with Gasteiger partial charge in [-0.1, -0.05) is 6.58 Å². The Morgan fingerprint density at radius 3 is 2.59 bits per heavy atom. The van der Waals surface area contributed by atoms with Gasteiger partial charge in [0.1, 0.15) is 0 Å². The molecule has 5 unspecified atom stereocenters. The van der Waals surface area contributed by atoms with Crippen LogP contribution in [-0.2, 0) is 14.3 Å². The highest BCUT2D eigenvalue weighted by atomic mass is 35.5. The molecule has 2 amide bonds. The summed E-state index contributed by atoms with van der Waals surface area (Å²) < 4.78 is 5.70. The van der Waals surface area contributed by atoms with Gasteiger partial charge in [0.2, 0.25) is 11.8 Å². The second kappa shape index (κ2) is 10.8. The summed E-state index contributed by atoms with van der Waals surface area (Å²) >= 11 is 6.74. The molecule has 0 radical (unpaired) electrons. The number of nitrogens with zero attached hydrogens (tertiary/aromatic N) is 2. The van der Waals surface area contributed by atoms with Gasteiger partial charge in [-0.2, -0.15) is 0 Å². The molecule has 164 valence electrons. The largest absolute Gasteiger partial charge is 0.380 e. The Hall–Kier alpha value is -1.15. The number of methoxy groups -OCH3 is 1. The molecule has 5 atom stereocenters. The van der Waals surface area contributed by atoms with Crippen molar-refractivity contribution in [2.24, 2.45) is 11.8 Å². The van der Waals surface area contributed by atoms with Gasteiger partial charge in [-0.05, 0) is 56.7 Å². The quantitative estimate of drug-likeness (QED) is 0.486. The highest BCUT2D eigenvalue weighted by molar-refractivity contribution is 6.20. The summed E-state index contributed by atoms with van der Waals surface area (Å²) in [6.45, 7) is 8.21. The van der Waals surface area contributed by atoms with Crippen molar-refractivity contribution in [3.8, 4) is 0 Å². The number of piperazine rings is 1. The van der Waals surface area contributed by atoms with Crippen molar-refractivity contribution in [2.75, 3.05) is 52.9 Å². The monoisotopic (exact) mass is 426 g/mol. The number of piperidine rings is 1. The van der Waals surface area contributed by atoms with Crippen LogP contribution in [0.25, 0.3) is 0 Å². The second-order valence-corrected chi connectivity index (χ2v) is 8.99. The number of nitrogens with one attached hydrogen (secondary N) is 2. The van der Waals surface area contributed by atoms with Crippen molar-refractivity contribution < 1.29 is 14.3 Å². The van der Waals surface area contributed by atoms with Gasteiger partial charge in [-0.25, -0.2) is 0 Å². The predicted molar refractivity (Wildman–Crippen MR) is 114 cm³/mol. The van der Waals surface area contributed by atoms with Crippen LogP contribution in [0.15, 0.2) is 12.7 Å². The molecule has 1 aliphatic carbocycles. The Bertz CT molecular complexity index is 576. The molecule has 3 rings (SSSR count). The molecule has 0 spiro atoms. The molecule has 0 aromatic rings. The Labute approximate surface area is 179 Å². The van der Waals surface area contributed by atoms with Crippen LogP contribution < -0.4 is 10.6 Å². The molecule has 0 aromatic heterocycles. The number of carbonyl (C=O) groups excluding carboxylic acids is 2. The van der Waals surface area contributed by atoms with Gasteiger partial charge >= 0.3 is 0 Å². The third-order valence-corrected chi connectivity index (χ3v) is 7.28. The number of rotatable bonds is 6. The van der Waals surface area contributed by atoms with E-state index in [-0.39, 0.29) is 29.3 Å². The smallest absolute Gasteiger partial charge is 0.246 e. The van der Waals surface area contributed by atoms with Gasteiger partial charge < -0.3 is 25.2 Å². The van der Waals surface area contributed by atoms with Crippen LogP contribution >= 0.6 is 11.6 Å². The molecule has 0 bridgehead atoms. The SMILES string of the molecule is C=CC(=O)N1CCN(C(=O)CNC2CC(C3CCCNC3)C(Cl)CC2OC)CC1. The number of hydrogen-bond donors (Lipinski definition) is 2. The summed E-state index contributed by atoms with van der Waals surface area (Å²) in [6, 6.07) is 0.134. The summed E-state index contributed by atoms with van der Waals surface area (Å²) in [4.78, 5) is 28.0. The summed E-state index contributed by atoms with van der Waals surface area (Å²) in [5.74, 6) is 1.05. The average Bonchev–Trinajstić information content (AvgIpc) is 2.77. The fourth-order valence-electron chi connectivity index (χ4n) is 5.00. The number of hydrogen-bond acceptors (Lipinski definition) is 5. The van der Waals surface area contributed by atoms with Crippen molar-refractivity contribution in [1.82, 2.24) is 20.4 Å². The van der Waals surface area contributed by atoms with Crippen LogP contribution in [0, 0.1) is 11.8 Å². The van der Waals surface area contributed by atoms with Crippen LogP contribution in [-0.4, -0.2) is 92.1 Å². The first-order chi connectivity index (χ1) is 14.0. The minimum atomic E-state index is -0.0701. The maximum Gasteiger partial charge on any atom is 0.246 e. The van der Waals surface area contributed by atoms with E-state index in [2.05, 4.69) is 17.2 Å². The van der Waals surface area contributed by atoms with Crippen LogP contribution in [0.3, 0.4) is 0 Å². The van der Waals surface area contributed by atoms with E-state index in [4.69, 9.17) is 16.3 Å². The van der Waals surface area contributed by atoms with Gasteiger partial charge in [0.15, 0.2) is 0 Å². The molecular formula is C21H35ClN4O3. The molecule has 29 heavy (non-hydrogen) atoms. The zero-order chi connectivity index (χ0) is 20.8. The van der Waals surface area contributed by atoms with Crippen molar-refractivity contribution in [1.29, 1.82) is 0 Å². The van der Waals surface area contributed by atoms with Crippen LogP contribution in [0.2, 0.25) is 0 Å². The van der Waals surface area contributed by atoms with Crippen molar-refractivity contribution >= 4 is 23.4 Å². The molecule has 1 saturated carbocycles. The summed E-state index contributed by atoms with van der Waals surface area (Å²) in [5.41, 5.74) is 0. The predicted octanol–water partition coefficient (Wildman–Crippen LogP) is 0.833. The van der Waals surface area contributed by atoms with E-state index in [1.165, 1.54) is 18.9 Å². The maximum atomic E-state index is 12.7. The van der Waals surface area contributed by atoms with E-state index in [1.807, 2.05) is 4.90 Å².